The second kappa shape index (κ2) is 6.04. The Morgan fingerprint density at radius 3 is 2.70 bits per heavy atom. The first-order chi connectivity index (χ1) is 10.8. The van der Waals surface area contributed by atoms with Crippen LogP contribution in [0.15, 0.2) is 18.2 Å². The summed E-state index contributed by atoms with van der Waals surface area (Å²) in [6, 6.07) is 5.85. The summed E-state index contributed by atoms with van der Waals surface area (Å²) in [6.45, 7) is 9.33. The lowest BCUT2D eigenvalue weighted by atomic mass is 10.0. The molecule has 2 heterocycles. The van der Waals surface area contributed by atoms with Gasteiger partial charge in [-0.3, -0.25) is 4.79 Å². The van der Waals surface area contributed by atoms with E-state index in [0.717, 1.165) is 17.7 Å². The van der Waals surface area contributed by atoms with Gasteiger partial charge in [0, 0.05) is 25.1 Å². The Balaban J connectivity index is 1.63. The van der Waals surface area contributed by atoms with E-state index in [2.05, 4.69) is 13.8 Å². The maximum absolute atomic E-state index is 12.4. The summed E-state index contributed by atoms with van der Waals surface area (Å²) in [5.74, 6) is 1.41. The Hall–Kier alpha value is -1.75. The number of para-hydroxylation sites is 1. The maximum atomic E-state index is 12.4. The Morgan fingerprint density at radius 2 is 2.00 bits per heavy atom. The standard InChI is InChI=1S/C18H25NO4/c1-12-9-19(10-13(2)22-12)16(20)11-21-15-7-5-6-14-8-18(3,4)23-17(14)15/h5-7,12-13H,8-11H2,1-4H3. The number of hydrogen-bond acceptors (Lipinski definition) is 4. The fourth-order valence-electron chi connectivity index (χ4n) is 3.31. The van der Waals surface area contributed by atoms with Gasteiger partial charge in [-0.2, -0.15) is 0 Å². The number of morpholine rings is 1. The van der Waals surface area contributed by atoms with Gasteiger partial charge in [-0.05, 0) is 33.8 Å². The summed E-state index contributed by atoms with van der Waals surface area (Å²) in [4.78, 5) is 14.2. The van der Waals surface area contributed by atoms with E-state index >= 15 is 0 Å². The molecule has 0 bridgehead atoms. The number of amides is 1. The van der Waals surface area contributed by atoms with Crippen LogP contribution in [0, 0.1) is 0 Å². The lowest BCUT2D eigenvalue weighted by molar-refractivity contribution is -0.145. The van der Waals surface area contributed by atoms with E-state index in [1.807, 2.05) is 36.9 Å². The Kier molecular flexibility index (Phi) is 4.23. The first kappa shape index (κ1) is 16.1. The molecule has 5 heteroatoms. The molecule has 2 atom stereocenters. The highest BCUT2D eigenvalue weighted by atomic mass is 16.5. The molecule has 0 aliphatic carbocycles. The molecule has 1 aromatic carbocycles. The number of fused-ring (bicyclic) bond motifs is 1. The van der Waals surface area contributed by atoms with Crippen LogP contribution in [0.25, 0.3) is 0 Å². The Labute approximate surface area is 137 Å². The number of nitrogens with zero attached hydrogens (tertiary/aromatic N) is 1. The van der Waals surface area contributed by atoms with E-state index in [1.54, 1.807) is 0 Å². The number of ether oxygens (including phenoxy) is 3. The van der Waals surface area contributed by atoms with E-state index in [9.17, 15) is 4.79 Å². The minimum Gasteiger partial charge on any atom is -0.483 e. The van der Waals surface area contributed by atoms with Crippen LogP contribution in [0.5, 0.6) is 11.5 Å². The molecule has 2 aliphatic heterocycles. The third-order valence-corrected chi connectivity index (χ3v) is 4.18. The molecule has 2 aliphatic rings. The van der Waals surface area contributed by atoms with Gasteiger partial charge in [0.2, 0.25) is 0 Å². The van der Waals surface area contributed by atoms with Gasteiger partial charge < -0.3 is 19.1 Å². The quantitative estimate of drug-likeness (QED) is 0.858. The summed E-state index contributed by atoms with van der Waals surface area (Å²) in [7, 11) is 0. The highest BCUT2D eigenvalue weighted by Gasteiger charge is 2.32. The van der Waals surface area contributed by atoms with Gasteiger partial charge in [0.25, 0.3) is 5.91 Å². The van der Waals surface area contributed by atoms with Crippen LogP contribution in [0.1, 0.15) is 33.3 Å². The monoisotopic (exact) mass is 319 g/mol. The third-order valence-electron chi connectivity index (χ3n) is 4.18. The second-order valence-corrected chi connectivity index (χ2v) is 7.13. The molecule has 23 heavy (non-hydrogen) atoms. The number of benzene rings is 1. The summed E-state index contributed by atoms with van der Waals surface area (Å²) in [6.07, 6.45) is 0.979. The molecule has 1 amide bonds. The van der Waals surface area contributed by atoms with Gasteiger partial charge in [0.15, 0.2) is 18.1 Å². The molecule has 2 unspecified atom stereocenters. The van der Waals surface area contributed by atoms with Crippen molar-refractivity contribution in [3.63, 3.8) is 0 Å². The first-order valence-electron chi connectivity index (χ1n) is 8.21. The van der Waals surface area contributed by atoms with Crippen LogP contribution in [-0.2, 0) is 16.0 Å². The number of carbonyl (C=O) groups excluding carboxylic acids is 1. The lowest BCUT2D eigenvalue weighted by Crippen LogP contribution is -2.49. The molecule has 0 saturated carbocycles. The van der Waals surface area contributed by atoms with Crippen LogP contribution in [0.4, 0.5) is 0 Å². The number of rotatable bonds is 3. The molecule has 3 rings (SSSR count). The molecule has 1 fully saturated rings. The number of hydrogen-bond donors (Lipinski definition) is 0. The summed E-state index contributed by atoms with van der Waals surface area (Å²) >= 11 is 0. The van der Waals surface area contributed by atoms with Crippen LogP contribution in [0.3, 0.4) is 0 Å². The molecule has 0 N–H and O–H groups in total. The Morgan fingerprint density at radius 1 is 1.30 bits per heavy atom. The van der Waals surface area contributed by atoms with Gasteiger partial charge >= 0.3 is 0 Å². The largest absolute Gasteiger partial charge is 0.483 e. The maximum Gasteiger partial charge on any atom is 0.260 e. The topological polar surface area (TPSA) is 48.0 Å². The van der Waals surface area contributed by atoms with Gasteiger partial charge in [-0.1, -0.05) is 12.1 Å². The van der Waals surface area contributed by atoms with Crippen molar-refractivity contribution in [3.05, 3.63) is 23.8 Å². The van der Waals surface area contributed by atoms with E-state index in [4.69, 9.17) is 14.2 Å². The molecular weight excluding hydrogens is 294 g/mol. The molecule has 0 aromatic heterocycles. The Bertz CT molecular complexity index is 589. The number of carbonyl (C=O) groups is 1. The molecular formula is C18H25NO4. The minimum atomic E-state index is -0.221. The van der Waals surface area contributed by atoms with Crippen LogP contribution in [-0.4, -0.2) is 48.3 Å². The molecule has 0 spiro atoms. The molecule has 0 radical (unpaired) electrons. The van der Waals surface area contributed by atoms with Crippen molar-refractivity contribution < 1.29 is 19.0 Å². The van der Waals surface area contributed by atoms with Crippen molar-refractivity contribution in [2.45, 2.75) is 51.9 Å². The molecule has 1 aromatic rings. The van der Waals surface area contributed by atoms with Gasteiger partial charge in [0.05, 0.1) is 12.2 Å². The van der Waals surface area contributed by atoms with Gasteiger partial charge in [-0.15, -0.1) is 0 Å². The van der Waals surface area contributed by atoms with E-state index in [0.29, 0.717) is 18.8 Å². The molecule has 1 saturated heterocycles. The fourth-order valence-corrected chi connectivity index (χ4v) is 3.31. The van der Waals surface area contributed by atoms with E-state index < -0.39 is 0 Å². The SMILES string of the molecule is CC1CN(C(=O)COc2cccc3c2OC(C)(C)C3)CC(C)O1. The predicted octanol–water partition coefficient (Wildman–Crippen LogP) is 2.41. The summed E-state index contributed by atoms with van der Waals surface area (Å²) in [5, 5.41) is 0. The van der Waals surface area contributed by atoms with Crippen molar-refractivity contribution in [3.8, 4) is 11.5 Å². The van der Waals surface area contributed by atoms with E-state index in [1.165, 1.54) is 0 Å². The van der Waals surface area contributed by atoms with Crippen LogP contribution in [0.2, 0.25) is 0 Å². The fraction of sp³-hybridized carbons (Fsp3) is 0.611. The third kappa shape index (κ3) is 3.61. The normalized spacial score (nSPS) is 25.7. The lowest BCUT2D eigenvalue weighted by Gasteiger charge is -2.35. The highest BCUT2D eigenvalue weighted by Crippen LogP contribution is 2.41. The average Bonchev–Trinajstić information content (AvgIpc) is 2.78. The van der Waals surface area contributed by atoms with Crippen molar-refractivity contribution >= 4 is 5.91 Å². The summed E-state index contributed by atoms with van der Waals surface area (Å²) in [5.41, 5.74) is 0.912. The second-order valence-electron chi connectivity index (χ2n) is 7.13. The van der Waals surface area contributed by atoms with Crippen molar-refractivity contribution in [2.24, 2.45) is 0 Å². The zero-order chi connectivity index (χ0) is 16.6. The van der Waals surface area contributed by atoms with E-state index in [-0.39, 0.29) is 30.3 Å². The van der Waals surface area contributed by atoms with Crippen LogP contribution < -0.4 is 9.47 Å². The average molecular weight is 319 g/mol. The minimum absolute atomic E-state index is 0.0122. The zero-order valence-electron chi connectivity index (χ0n) is 14.3. The first-order valence-corrected chi connectivity index (χ1v) is 8.21. The molecule has 126 valence electrons. The highest BCUT2D eigenvalue weighted by molar-refractivity contribution is 5.78. The zero-order valence-corrected chi connectivity index (χ0v) is 14.3. The van der Waals surface area contributed by atoms with Crippen molar-refractivity contribution in [2.75, 3.05) is 19.7 Å². The van der Waals surface area contributed by atoms with Crippen LogP contribution >= 0.6 is 0 Å². The predicted molar refractivity (Wildman–Crippen MR) is 86.9 cm³/mol. The van der Waals surface area contributed by atoms with Crippen molar-refractivity contribution in [1.29, 1.82) is 0 Å². The summed E-state index contributed by atoms with van der Waals surface area (Å²) < 4.78 is 17.4. The molecule has 5 nitrogen and oxygen atoms in total. The van der Waals surface area contributed by atoms with Crippen molar-refractivity contribution in [1.82, 2.24) is 4.90 Å². The van der Waals surface area contributed by atoms with Gasteiger partial charge in [-0.25, -0.2) is 0 Å². The smallest absolute Gasteiger partial charge is 0.260 e. The van der Waals surface area contributed by atoms with Gasteiger partial charge in [0.1, 0.15) is 5.60 Å².